The minimum atomic E-state index is 0.0738. The second-order valence-electron chi connectivity index (χ2n) is 6.15. The number of carbonyl (C=O) groups excluding carboxylic acids is 1. The van der Waals surface area contributed by atoms with Gasteiger partial charge in [-0.15, -0.1) is 10.2 Å². The van der Waals surface area contributed by atoms with Crippen LogP contribution in [0.15, 0.2) is 12.3 Å². The molecule has 2 aromatic rings. The van der Waals surface area contributed by atoms with Crippen LogP contribution in [0.2, 0.25) is 0 Å². The highest BCUT2D eigenvalue weighted by Crippen LogP contribution is 2.16. The molecule has 2 aromatic heterocycles. The Kier molecular flexibility index (Phi) is 5.24. The maximum Gasteiger partial charge on any atom is 0.222 e. The Balaban J connectivity index is 1.50. The largest absolute Gasteiger partial charge is 0.377 e. The Morgan fingerprint density at radius 3 is 3.04 bits per heavy atom. The maximum atomic E-state index is 12.2. The molecule has 1 N–H and O–H groups in total. The van der Waals surface area contributed by atoms with Gasteiger partial charge in [0, 0.05) is 51.0 Å². The van der Waals surface area contributed by atoms with Crippen LogP contribution in [0.25, 0.3) is 0 Å². The average Bonchev–Trinajstić information content (AvgIpc) is 3.09. The zero-order valence-electron chi connectivity index (χ0n) is 14.2. The number of hydrogen-bond acceptors (Lipinski definition) is 5. The van der Waals surface area contributed by atoms with Crippen LogP contribution in [-0.4, -0.2) is 43.6 Å². The summed E-state index contributed by atoms with van der Waals surface area (Å²) in [6.45, 7) is 3.88. The Bertz CT molecular complexity index is 693. The van der Waals surface area contributed by atoms with Gasteiger partial charge < -0.3 is 14.6 Å². The molecule has 0 radical (unpaired) electrons. The van der Waals surface area contributed by atoms with Gasteiger partial charge in [0.05, 0.1) is 0 Å². The predicted molar refractivity (Wildman–Crippen MR) is 87.2 cm³/mol. The van der Waals surface area contributed by atoms with E-state index in [-0.39, 0.29) is 11.9 Å². The van der Waals surface area contributed by atoms with E-state index in [1.165, 1.54) is 0 Å². The Morgan fingerprint density at radius 1 is 1.42 bits per heavy atom. The summed E-state index contributed by atoms with van der Waals surface area (Å²) >= 11 is 0. The van der Waals surface area contributed by atoms with E-state index >= 15 is 0 Å². The van der Waals surface area contributed by atoms with Crippen LogP contribution in [0.1, 0.15) is 36.6 Å². The second kappa shape index (κ2) is 7.57. The molecule has 0 saturated heterocycles. The van der Waals surface area contributed by atoms with Gasteiger partial charge in [0.25, 0.3) is 0 Å². The van der Waals surface area contributed by atoms with Crippen molar-refractivity contribution in [1.82, 2.24) is 29.9 Å². The first-order valence-electron chi connectivity index (χ1n) is 8.35. The van der Waals surface area contributed by atoms with Crippen LogP contribution in [0.5, 0.6) is 0 Å². The molecule has 0 fully saturated rings. The fourth-order valence-corrected chi connectivity index (χ4v) is 3.07. The van der Waals surface area contributed by atoms with Gasteiger partial charge in [-0.3, -0.25) is 9.48 Å². The Labute approximate surface area is 141 Å². The van der Waals surface area contributed by atoms with E-state index in [9.17, 15) is 4.79 Å². The van der Waals surface area contributed by atoms with Crippen molar-refractivity contribution < 1.29 is 9.53 Å². The van der Waals surface area contributed by atoms with Crippen molar-refractivity contribution in [1.29, 1.82) is 0 Å². The van der Waals surface area contributed by atoms with Crippen LogP contribution in [0.4, 0.5) is 0 Å². The molecule has 8 heteroatoms. The fraction of sp³-hybridized carbons (Fsp3) is 0.625. The monoisotopic (exact) mass is 332 g/mol. The van der Waals surface area contributed by atoms with Gasteiger partial charge >= 0.3 is 0 Å². The van der Waals surface area contributed by atoms with E-state index in [2.05, 4.69) is 25.2 Å². The number of carbonyl (C=O) groups is 1. The lowest BCUT2D eigenvalue weighted by Gasteiger charge is -2.16. The highest BCUT2D eigenvalue weighted by atomic mass is 16.5. The van der Waals surface area contributed by atoms with Crippen molar-refractivity contribution in [2.24, 2.45) is 0 Å². The van der Waals surface area contributed by atoms with Crippen molar-refractivity contribution in [3.05, 3.63) is 29.6 Å². The number of hydrogen-bond donors (Lipinski definition) is 1. The lowest BCUT2D eigenvalue weighted by molar-refractivity contribution is -0.122. The van der Waals surface area contributed by atoms with Gasteiger partial charge in [0.15, 0.2) is 5.82 Å². The van der Waals surface area contributed by atoms with E-state index in [1.54, 1.807) is 13.3 Å². The molecule has 24 heavy (non-hydrogen) atoms. The normalized spacial score (nSPS) is 17.3. The van der Waals surface area contributed by atoms with Crippen LogP contribution < -0.4 is 5.32 Å². The number of nitrogens with zero attached hydrogens (tertiary/aromatic N) is 5. The van der Waals surface area contributed by atoms with Crippen LogP contribution in [-0.2, 0) is 35.6 Å². The molecule has 1 aliphatic heterocycles. The molecule has 0 spiro atoms. The van der Waals surface area contributed by atoms with Crippen LogP contribution >= 0.6 is 0 Å². The molecule has 130 valence electrons. The number of ether oxygens (including phenoxy) is 1. The SMILES string of the molecule is COCc1nnc2n1CCC(NC(=O)CCn1nccc1C)CC2. The molecule has 1 aliphatic rings. The minimum Gasteiger partial charge on any atom is -0.377 e. The van der Waals surface area contributed by atoms with E-state index < -0.39 is 0 Å². The first-order valence-corrected chi connectivity index (χ1v) is 8.35. The smallest absolute Gasteiger partial charge is 0.222 e. The van der Waals surface area contributed by atoms with E-state index in [4.69, 9.17) is 4.74 Å². The summed E-state index contributed by atoms with van der Waals surface area (Å²) in [6, 6.07) is 2.12. The van der Waals surface area contributed by atoms with Gasteiger partial charge in [0.1, 0.15) is 12.4 Å². The number of aromatic nitrogens is 5. The van der Waals surface area contributed by atoms with Gasteiger partial charge in [-0.2, -0.15) is 5.10 Å². The summed E-state index contributed by atoms with van der Waals surface area (Å²) < 4.78 is 9.13. The van der Waals surface area contributed by atoms with Crippen molar-refractivity contribution in [3.8, 4) is 0 Å². The molecular formula is C16H24N6O2. The number of nitrogens with one attached hydrogen (secondary N) is 1. The maximum absolute atomic E-state index is 12.2. The third-order valence-electron chi connectivity index (χ3n) is 4.44. The lowest BCUT2D eigenvalue weighted by Crippen LogP contribution is -2.35. The van der Waals surface area contributed by atoms with Crippen molar-refractivity contribution >= 4 is 5.91 Å². The quantitative estimate of drug-likeness (QED) is 0.847. The van der Waals surface area contributed by atoms with E-state index in [0.717, 1.165) is 43.1 Å². The van der Waals surface area contributed by atoms with E-state index in [1.807, 2.05) is 17.7 Å². The van der Waals surface area contributed by atoms with Gasteiger partial charge in [-0.25, -0.2) is 0 Å². The Morgan fingerprint density at radius 2 is 2.29 bits per heavy atom. The summed E-state index contributed by atoms with van der Waals surface area (Å²) in [5.74, 6) is 1.91. The lowest BCUT2D eigenvalue weighted by atomic mass is 10.1. The van der Waals surface area contributed by atoms with Crippen molar-refractivity contribution in [2.45, 2.75) is 58.3 Å². The molecule has 3 heterocycles. The average molecular weight is 332 g/mol. The molecule has 1 amide bonds. The number of methoxy groups -OCH3 is 1. The molecule has 3 rings (SSSR count). The third-order valence-corrected chi connectivity index (χ3v) is 4.44. The third kappa shape index (κ3) is 3.81. The van der Waals surface area contributed by atoms with Gasteiger partial charge in [0.2, 0.25) is 5.91 Å². The molecule has 0 aliphatic carbocycles. The van der Waals surface area contributed by atoms with E-state index in [0.29, 0.717) is 19.6 Å². The molecule has 0 aromatic carbocycles. The summed E-state index contributed by atoms with van der Waals surface area (Å²) in [4.78, 5) is 12.2. The highest BCUT2D eigenvalue weighted by Gasteiger charge is 2.21. The summed E-state index contributed by atoms with van der Waals surface area (Å²) in [7, 11) is 1.66. The van der Waals surface area contributed by atoms with Gasteiger partial charge in [-0.05, 0) is 25.8 Å². The first-order chi connectivity index (χ1) is 11.7. The molecule has 8 nitrogen and oxygen atoms in total. The van der Waals surface area contributed by atoms with Gasteiger partial charge in [-0.1, -0.05) is 0 Å². The molecule has 1 atom stereocenters. The first kappa shape index (κ1) is 16.6. The van der Waals surface area contributed by atoms with Crippen molar-refractivity contribution in [2.75, 3.05) is 7.11 Å². The fourth-order valence-electron chi connectivity index (χ4n) is 3.07. The standard InChI is InChI=1S/C16H24N6O2/c1-12-5-8-17-22(12)10-7-16(23)18-13-3-4-14-19-20-15(11-24-2)21(14)9-6-13/h5,8,13H,3-4,6-7,9-11H2,1-2H3,(H,18,23). The zero-order valence-corrected chi connectivity index (χ0v) is 14.2. The summed E-state index contributed by atoms with van der Waals surface area (Å²) in [6.07, 6.45) is 4.79. The molecular weight excluding hydrogens is 308 g/mol. The number of amides is 1. The Hall–Kier alpha value is -2.22. The predicted octanol–water partition coefficient (Wildman–Crippen LogP) is 0.841. The van der Waals surface area contributed by atoms with Crippen LogP contribution in [0, 0.1) is 6.92 Å². The van der Waals surface area contributed by atoms with Crippen LogP contribution in [0.3, 0.4) is 0 Å². The highest BCUT2D eigenvalue weighted by molar-refractivity contribution is 5.76. The molecule has 1 unspecified atom stereocenters. The minimum absolute atomic E-state index is 0.0738. The zero-order chi connectivity index (χ0) is 16.9. The second-order valence-corrected chi connectivity index (χ2v) is 6.15. The molecule has 0 saturated carbocycles. The molecule has 0 bridgehead atoms. The summed E-state index contributed by atoms with van der Waals surface area (Å²) in [5.41, 5.74) is 1.07. The summed E-state index contributed by atoms with van der Waals surface area (Å²) in [5, 5.41) is 15.8. The number of fused-ring (bicyclic) bond motifs is 1. The number of aryl methyl sites for hydroxylation is 3. The number of rotatable bonds is 6. The topological polar surface area (TPSA) is 86.9 Å². The van der Waals surface area contributed by atoms with Crippen molar-refractivity contribution in [3.63, 3.8) is 0 Å².